The molecule has 142 valence electrons. The van der Waals surface area contributed by atoms with Crippen molar-refractivity contribution in [2.24, 2.45) is 0 Å². The number of hydrogen-bond donors (Lipinski definition) is 1. The zero-order valence-electron chi connectivity index (χ0n) is 15.4. The van der Waals surface area contributed by atoms with E-state index in [0.29, 0.717) is 21.6 Å². The number of hydrogen-bond acceptors (Lipinski definition) is 5. The van der Waals surface area contributed by atoms with Crippen LogP contribution in [0, 0.1) is 0 Å². The molecule has 28 heavy (non-hydrogen) atoms. The van der Waals surface area contributed by atoms with Crippen LogP contribution in [0.5, 0.6) is 11.5 Å². The number of Topliss-reactive ketones (excluding diaryl/α,β-unsaturated/α-hetero) is 1. The Labute approximate surface area is 165 Å². The fraction of sp³-hybridized carbons (Fsp3) is 0.182. The van der Waals surface area contributed by atoms with E-state index in [1.165, 1.54) is 17.4 Å². The molecule has 0 fully saturated rings. The lowest BCUT2D eigenvalue weighted by molar-refractivity contribution is -0.112. The third-order valence-corrected chi connectivity index (χ3v) is 5.46. The third kappa shape index (κ3) is 4.07. The largest absolute Gasteiger partial charge is 0.497 e. The van der Waals surface area contributed by atoms with E-state index >= 15 is 0 Å². The van der Waals surface area contributed by atoms with Gasteiger partial charge in [0.05, 0.1) is 22.9 Å². The van der Waals surface area contributed by atoms with Crippen LogP contribution < -0.4 is 24.2 Å². The van der Waals surface area contributed by atoms with Crippen LogP contribution in [0.15, 0.2) is 47.3 Å². The summed E-state index contributed by atoms with van der Waals surface area (Å²) in [6.07, 6.45) is 4.46. The number of ether oxygens (including phenoxy) is 2. The van der Waals surface area contributed by atoms with Gasteiger partial charge in [-0.15, -0.1) is 11.3 Å². The Morgan fingerprint density at radius 1 is 1.29 bits per heavy atom. The number of nitrogens with one attached hydrogen (secondary N) is 1. The molecule has 0 aliphatic carbocycles. The highest BCUT2D eigenvalue weighted by Gasteiger charge is 2.11. The number of aromatic amines is 1. The summed E-state index contributed by atoms with van der Waals surface area (Å²) in [6, 6.07) is 13.3. The van der Waals surface area contributed by atoms with Gasteiger partial charge in [0.2, 0.25) is 0 Å². The summed E-state index contributed by atoms with van der Waals surface area (Å²) in [7, 11) is 1.59. The van der Waals surface area contributed by atoms with E-state index < -0.39 is 0 Å². The number of methoxy groups -OCH3 is 1. The van der Waals surface area contributed by atoms with Crippen molar-refractivity contribution in [1.82, 2.24) is 4.98 Å². The van der Waals surface area contributed by atoms with Gasteiger partial charge in [-0.3, -0.25) is 9.59 Å². The summed E-state index contributed by atoms with van der Waals surface area (Å²) >= 11 is 1.28. The highest BCUT2D eigenvalue weighted by atomic mass is 32.1. The van der Waals surface area contributed by atoms with Crippen LogP contribution in [0.2, 0.25) is 0 Å². The number of rotatable bonds is 5. The van der Waals surface area contributed by atoms with E-state index in [1.54, 1.807) is 7.11 Å². The van der Waals surface area contributed by atoms with Crippen LogP contribution in [-0.4, -0.2) is 24.5 Å². The van der Waals surface area contributed by atoms with Crippen molar-refractivity contribution in [3.8, 4) is 11.5 Å². The first-order valence-corrected chi connectivity index (χ1v) is 9.76. The van der Waals surface area contributed by atoms with Crippen molar-refractivity contribution >= 4 is 29.3 Å². The number of carbonyl (C=O) groups excluding carboxylic acids is 1. The summed E-state index contributed by atoms with van der Waals surface area (Å²) in [4.78, 5) is 27.4. The highest BCUT2D eigenvalue weighted by Crippen LogP contribution is 2.25. The molecule has 2 heterocycles. The number of ketones is 1. The predicted octanol–water partition coefficient (Wildman–Crippen LogP) is 1.80. The lowest BCUT2D eigenvalue weighted by Gasteiger charge is -2.01. The van der Waals surface area contributed by atoms with Crippen molar-refractivity contribution in [3.63, 3.8) is 0 Å². The number of carbonyl (C=O) groups is 1. The topological polar surface area (TPSA) is 68.4 Å². The number of benzene rings is 2. The van der Waals surface area contributed by atoms with E-state index in [2.05, 4.69) is 4.98 Å². The monoisotopic (exact) mass is 393 g/mol. The maximum Gasteiger partial charge on any atom is 0.266 e. The SMILES string of the molecule is COc1cccc(CC(=O)/C=c2\[nH]c(=O)/c(=C/c3ccc4c(c3)CCO4)s2)c1. The summed E-state index contributed by atoms with van der Waals surface area (Å²) in [6.45, 7) is 0.701. The molecule has 0 unspecified atom stereocenters. The Morgan fingerprint density at radius 2 is 2.18 bits per heavy atom. The lowest BCUT2D eigenvalue weighted by Crippen LogP contribution is -2.20. The molecule has 2 aromatic carbocycles. The minimum Gasteiger partial charge on any atom is -0.497 e. The molecule has 3 aromatic rings. The second-order valence-electron chi connectivity index (χ2n) is 6.53. The molecule has 0 amide bonds. The Morgan fingerprint density at radius 3 is 3.04 bits per heavy atom. The number of aromatic nitrogens is 1. The fourth-order valence-electron chi connectivity index (χ4n) is 3.15. The molecule has 0 saturated carbocycles. The zero-order valence-corrected chi connectivity index (χ0v) is 16.2. The first kappa shape index (κ1) is 18.3. The Bertz CT molecular complexity index is 1210. The summed E-state index contributed by atoms with van der Waals surface area (Å²) in [5, 5.41) is 0. The van der Waals surface area contributed by atoms with Crippen LogP contribution in [0.1, 0.15) is 16.7 Å². The van der Waals surface area contributed by atoms with E-state index in [1.807, 2.05) is 48.5 Å². The van der Waals surface area contributed by atoms with Crippen molar-refractivity contribution in [1.29, 1.82) is 0 Å². The van der Waals surface area contributed by atoms with E-state index in [4.69, 9.17) is 9.47 Å². The smallest absolute Gasteiger partial charge is 0.266 e. The van der Waals surface area contributed by atoms with Crippen LogP contribution in [0.4, 0.5) is 0 Å². The second kappa shape index (κ2) is 7.86. The standard InChI is InChI=1S/C22H19NO4S/c1-26-18-4-2-3-14(11-18)10-17(24)13-21-23-22(25)20(28-21)12-15-5-6-19-16(9-15)7-8-27-19/h2-6,9,11-13H,7-8,10H2,1H3,(H,23,25)/b20-12-,21-13+. The zero-order chi connectivity index (χ0) is 19.5. The molecular formula is C22H19NO4S. The van der Waals surface area contributed by atoms with Crippen molar-refractivity contribution in [2.75, 3.05) is 13.7 Å². The summed E-state index contributed by atoms with van der Waals surface area (Å²) < 4.78 is 11.8. The van der Waals surface area contributed by atoms with Gasteiger partial charge in [-0.1, -0.05) is 18.2 Å². The fourth-order valence-corrected chi connectivity index (χ4v) is 4.06. The number of H-pyrrole nitrogens is 1. The molecule has 6 heteroatoms. The molecule has 0 saturated heterocycles. The van der Waals surface area contributed by atoms with Gasteiger partial charge in [-0.05, 0) is 47.0 Å². The molecule has 1 N–H and O–H groups in total. The van der Waals surface area contributed by atoms with E-state index in [0.717, 1.165) is 28.9 Å². The number of fused-ring (bicyclic) bond motifs is 1. The minimum absolute atomic E-state index is 0.0769. The minimum atomic E-state index is -0.192. The van der Waals surface area contributed by atoms with Gasteiger partial charge in [0, 0.05) is 18.9 Å². The Hall–Kier alpha value is -3.12. The molecule has 0 spiro atoms. The second-order valence-corrected chi connectivity index (χ2v) is 7.62. The van der Waals surface area contributed by atoms with Crippen LogP contribution in [0.25, 0.3) is 12.2 Å². The highest BCUT2D eigenvalue weighted by molar-refractivity contribution is 7.07. The molecule has 0 bridgehead atoms. The van der Waals surface area contributed by atoms with Gasteiger partial charge >= 0.3 is 0 Å². The van der Waals surface area contributed by atoms with Crippen molar-refractivity contribution in [3.05, 3.63) is 78.7 Å². The molecule has 4 rings (SSSR count). The number of thiazole rings is 1. The molecule has 5 nitrogen and oxygen atoms in total. The summed E-state index contributed by atoms with van der Waals surface area (Å²) in [5.74, 6) is 1.55. The normalized spacial score (nSPS) is 14.0. The molecule has 0 radical (unpaired) electrons. The van der Waals surface area contributed by atoms with Gasteiger partial charge in [0.15, 0.2) is 5.78 Å². The maximum absolute atomic E-state index is 12.4. The Kier molecular flexibility index (Phi) is 5.12. The maximum atomic E-state index is 12.4. The molecular weight excluding hydrogens is 374 g/mol. The average Bonchev–Trinajstić information content (AvgIpc) is 3.28. The first-order chi connectivity index (χ1) is 13.6. The van der Waals surface area contributed by atoms with Crippen LogP contribution in [-0.2, 0) is 17.6 Å². The van der Waals surface area contributed by atoms with Crippen LogP contribution >= 0.6 is 11.3 Å². The average molecular weight is 393 g/mol. The van der Waals surface area contributed by atoms with Gasteiger partial charge < -0.3 is 14.5 Å². The molecule has 1 aromatic heterocycles. The summed E-state index contributed by atoms with van der Waals surface area (Å²) in [5.41, 5.74) is 2.78. The van der Waals surface area contributed by atoms with E-state index in [-0.39, 0.29) is 17.8 Å². The lowest BCUT2D eigenvalue weighted by atomic mass is 10.1. The van der Waals surface area contributed by atoms with Crippen molar-refractivity contribution < 1.29 is 14.3 Å². The molecule has 1 aliphatic rings. The van der Waals surface area contributed by atoms with Crippen LogP contribution in [0.3, 0.4) is 0 Å². The van der Waals surface area contributed by atoms with Gasteiger partial charge in [0.25, 0.3) is 5.56 Å². The van der Waals surface area contributed by atoms with Gasteiger partial charge in [-0.2, -0.15) is 0 Å². The van der Waals surface area contributed by atoms with Gasteiger partial charge in [-0.25, -0.2) is 0 Å². The van der Waals surface area contributed by atoms with Gasteiger partial charge in [0.1, 0.15) is 11.5 Å². The molecule has 0 atom stereocenters. The Balaban J connectivity index is 1.58. The first-order valence-electron chi connectivity index (χ1n) is 8.95. The van der Waals surface area contributed by atoms with Crippen molar-refractivity contribution in [2.45, 2.75) is 12.8 Å². The molecule has 1 aliphatic heterocycles. The van der Waals surface area contributed by atoms with E-state index in [9.17, 15) is 9.59 Å². The quantitative estimate of drug-likeness (QED) is 0.718. The predicted molar refractivity (Wildman–Crippen MR) is 110 cm³/mol. The third-order valence-electron chi connectivity index (χ3n) is 4.50.